The summed E-state index contributed by atoms with van der Waals surface area (Å²) in [7, 11) is 0. The summed E-state index contributed by atoms with van der Waals surface area (Å²) in [5.41, 5.74) is 4.26. The highest BCUT2D eigenvalue weighted by Gasteiger charge is 2.26. The molecule has 4 heteroatoms. The summed E-state index contributed by atoms with van der Waals surface area (Å²) in [4.78, 5) is 11.8. The van der Waals surface area contributed by atoms with E-state index in [4.69, 9.17) is 4.98 Å². The molecule has 1 aromatic carbocycles. The largest absolute Gasteiger partial charge is 0.303 e. The van der Waals surface area contributed by atoms with Crippen molar-refractivity contribution in [3.05, 3.63) is 47.5 Å². The van der Waals surface area contributed by atoms with Crippen LogP contribution in [0.3, 0.4) is 0 Å². The van der Waals surface area contributed by atoms with E-state index in [0.717, 1.165) is 55.1 Å². The van der Waals surface area contributed by atoms with Crippen LogP contribution >= 0.6 is 0 Å². The molecule has 4 nitrogen and oxygen atoms in total. The van der Waals surface area contributed by atoms with Gasteiger partial charge in [0.2, 0.25) is 0 Å². The third-order valence-electron chi connectivity index (χ3n) is 4.91. The van der Waals surface area contributed by atoms with Crippen molar-refractivity contribution in [3.63, 3.8) is 0 Å². The Kier molecular flexibility index (Phi) is 5.38. The van der Waals surface area contributed by atoms with Crippen LogP contribution in [0.4, 0.5) is 0 Å². The van der Waals surface area contributed by atoms with Crippen LogP contribution in [0, 0.1) is 23.7 Å². The summed E-state index contributed by atoms with van der Waals surface area (Å²) < 4.78 is 0. The van der Waals surface area contributed by atoms with Gasteiger partial charge in [-0.3, -0.25) is 0 Å². The van der Waals surface area contributed by atoms with Crippen molar-refractivity contribution in [2.75, 3.05) is 19.6 Å². The topological polar surface area (TPSA) is 52.8 Å². The number of rotatable bonds is 3. The molecule has 26 heavy (non-hydrogen) atoms. The third-order valence-corrected chi connectivity index (χ3v) is 4.91. The zero-order chi connectivity index (χ0) is 18.7. The van der Waals surface area contributed by atoms with Gasteiger partial charge in [-0.1, -0.05) is 32.9 Å². The summed E-state index contributed by atoms with van der Waals surface area (Å²) in [6.07, 6.45) is 4.17. The Morgan fingerprint density at radius 1 is 1.23 bits per heavy atom. The molecule has 2 aromatic rings. The number of benzene rings is 1. The number of piperidine rings is 1. The van der Waals surface area contributed by atoms with Crippen LogP contribution < -0.4 is 0 Å². The second-order valence-corrected chi connectivity index (χ2v) is 8.52. The first-order valence-electron chi connectivity index (χ1n) is 9.42. The van der Waals surface area contributed by atoms with Crippen molar-refractivity contribution in [2.45, 2.75) is 46.5 Å². The summed E-state index contributed by atoms with van der Waals surface area (Å²) in [6, 6.07) is 9.98. The molecule has 0 N–H and O–H groups in total. The maximum atomic E-state index is 9.21. The molecule has 0 unspecified atom stereocenters. The molecule has 1 aliphatic heterocycles. The van der Waals surface area contributed by atoms with E-state index in [1.165, 1.54) is 0 Å². The maximum absolute atomic E-state index is 9.21. The second-order valence-electron chi connectivity index (χ2n) is 8.52. The number of nitriles is 1. The first-order chi connectivity index (χ1) is 12.4. The molecule has 0 saturated carbocycles. The minimum atomic E-state index is 0.335. The van der Waals surface area contributed by atoms with E-state index in [9.17, 15) is 5.26 Å². The number of likely N-dealkylation sites (tertiary alicyclic amines) is 1. The Morgan fingerprint density at radius 2 is 1.96 bits per heavy atom. The molecule has 0 aliphatic carbocycles. The van der Waals surface area contributed by atoms with Crippen LogP contribution in [0.1, 0.15) is 56.6 Å². The van der Waals surface area contributed by atoms with Gasteiger partial charge in [0.1, 0.15) is 5.82 Å². The van der Waals surface area contributed by atoms with Gasteiger partial charge in [-0.05, 0) is 56.0 Å². The molecule has 1 saturated heterocycles. The smallest absolute Gasteiger partial charge is 0.125 e. The average Bonchev–Trinajstić information content (AvgIpc) is 2.61. The number of nitrogens with zero attached hydrogens (tertiary/aromatic N) is 4. The maximum Gasteiger partial charge on any atom is 0.125 e. The van der Waals surface area contributed by atoms with Gasteiger partial charge >= 0.3 is 0 Å². The van der Waals surface area contributed by atoms with Crippen molar-refractivity contribution >= 4 is 0 Å². The van der Waals surface area contributed by atoms with Crippen LogP contribution in [-0.4, -0.2) is 34.5 Å². The second kappa shape index (κ2) is 7.55. The Labute approximate surface area is 156 Å². The highest BCUT2D eigenvalue weighted by molar-refractivity contribution is 5.67. The van der Waals surface area contributed by atoms with E-state index in [-0.39, 0.29) is 0 Å². The zero-order valence-corrected chi connectivity index (χ0v) is 16.3. The standard InChI is InChI=1S/C22H28N4/c1-16-24-14-20(19-7-5-6-17(12-19)13-23)21(25-16)18-8-10-26(11-9-18)15-22(2,3)4/h5-7,12,14,18H,8-11,15H2,1-4H3. The summed E-state index contributed by atoms with van der Waals surface area (Å²) in [5.74, 6) is 1.27. The molecule has 0 bridgehead atoms. The van der Waals surface area contributed by atoms with Crippen molar-refractivity contribution in [2.24, 2.45) is 5.41 Å². The monoisotopic (exact) mass is 348 g/mol. The number of hydrogen-bond acceptors (Lipinski definition) is 4. The molecule has 1 aromatic heterocycles. The molecule has 0 radical (unpaired) electrons. The SMILES string of the molecule is Cc1ncc(-c2cccc(C#N)c2)c(C2CCN(CC(C)(C)C)CC2)n1. The summed E-state index contributed by atoms with van der Waals surface area (Å²) in [6.45, 7) is 12.2. The number of aromatic nitrogens is 2. The molecule has 3 rings (SSSR count). The summed E-state index contributed by atoms with van der Waals surface area (Å²) >= 11 is 0. The van der Waals surface area contributed by atoms with Gasteiger partial charge < -0.3 is 4.90 Å². The van der Waals surface area contributed by atoms with E-state index in [1.54, 1.807) is 0 Å². The molecule has 1 aliphatic rings. The Morgan fingerprint density at radius 3 is 2.62 bits per heavy atom. The molecular weight excluding hydrogens is 320 g/mol. The van der Waals surface area contributed by atoms with Gasteiger partial charge in [-0.25, -0.2) is 9.97 Å². The number of hydrogen-bond donors (Lipinski definition) is 0. The Balaban J connectivity index is 1.85. The molecular formula is C22H28N4. The van der Waals surface area contributed by atoms with Crippen LogP contribution in [0.15, 0.2) is 30.5 Å². The van der Waals surface area contributed by atoms with Gasteiger partial charge in [-0.2, -0.15) is 5.26 Å². The molecule has 0 spiro atoms. The van der Waals surface area contributed by atoms with Crippen LogP contribution in [-0.2, 0) is 0 Å². The van der Waals surface area contributed by atoms with E-state index < -0.39 is 0 Å². The van der Waals surface area contributed by atoms with Crippen LogP contribution in [0.25, 0.3) is 11.1 Å². The molecule has 2 heterocycles. The highest BCUT2D eigenvalue weighted by atomic mass is 15.1. The van der Waals surface area contributed by atoms with E-state index >= 15 is 0 Å². The van der Waals surface area contributed by atoms with Crippen molar-refractivity contribution in [1.29, 1.82) is 5.26 Å². The van der Waals surface area contributed by atoms with Gasteiger partial charge in [0, 0.05) is 24.2 Å². The lowest BCUT2D eigenvalue weighted by atomic mass is 9.87. The average molecular weight is 348 g/mol. The van der Waals surface area contributed by atoms with Gasteiger partial charge in [0.05, 0.1) is 17.3 Å². The highest BCUT2D eigenvalue weighted by Crippen LogP contribution is 2.34. The predicted octanol–water partition coefficient (Wildman–Crippen LogP) is 4.55. The predicted molar refractivity (Wildman–Crippen MR) is 105 cm³/mol. The fraction of sp³-hybridized carbons (Fsp3) is 0.500. The minimum Gasteiger partial charge on any atom is -0.303 e. The molecule has 136 valence electrons. The van der Waals surface area contributed by atoms with Crippen molar-refractivity contribution in [1.82, 2.24) is 14.9 Å². The normalized spacial score (nSPS) is 16.4. The van der Waals surface area contributed by atoms with Gasteiger partial charge in [-0.15, -0.1) is 0 Å². The van der Waals surface area contributed by atoms with Crippen LogP contribution in [0.5, 0.6) is 0 Å². The quantitative estimate of drug-likeness (QED) is 0.816. The van der Waals surface area contributed by atoms with Crippen molar-refractivity contribution < 1.29 is 0 Å². The first kappa shape index (κ1) is 18.5. The van der Waals surface area contributed by atoms with E-state index in [0.29, 0.717) is 16.9 Å². The molecule has 1 fully saturated rings. The minimum absolute atomic E-state index is 0.335. The van der Waals surface area contributed by atoms with E-state index in [1.807, 2.05) is 37.4 Å². The van der Waals surface area contributed by atoms with Crippen LogP contribution in [0.2, 0.25) is 0 Å². The Bertz CT molecular complexity index is 806. The van der Waals surface area contributed by atoms with E-state index in [2.05, 4.69) is 36.7 Å². The third kappa shape index (κ3) is 4.47. The first-order valence-corrected chi connectivity index (χ1v) is 9.42. The summed E-state index contributed by atoms with van der Waals surface area (Å²) in [5, 5.41) is 9.21. The fourth-order valence-electron chi connectivity index (χ4n) is 3.81. The van der Waals surface area contributed by atoms with Crippen molar-refractivity contribution in [3.8, 4) is 17.2 Å². The fourth-order valence-corrected chi connectivity index (χ4v) is 3.81. The lowest BCUT2D eigenvalue weighted by Gasteiger charge is -2.36. The van der Waals surface area contributed by atoms with Gasteiger partial charge in [0.15, 0.2) is 0 Å². The molecule has 0 atom stereocenters. The van der Waals surface area contributed by atoms with Gasteiger partial charge in [0.25, 0.3) is 0 Å². The lowest BCUT2D eigenvalue weighted by Crippen LogP contribution is -2.38. The molecule has 0 amide bonds. The lowest BCUT2D eigenvalue weighted by molar-refractivity contribution is 0.153. The zero-order valence-electron chi connectivity index (χ0n) is 16.3. The number of aryl methyl sites for hydroxylation is 1. The Hall–Kier alpha value is -2.25.